The summed E-state index contributed by atoms with van der Waals surface area (Å²) in [6.45, 7) is 6.98. The van der Waals surface area contributed by atoms with Gasteiger partial charge in [-0.25, -0.2) is 9.97 Å². The average molecular weight is 302 g/mol. The highest BCUT2D eigenvalue weighted by Gasteiger charge is 2.22. The van der Waals surface area contributed by atoms with Gasteiger partial charge in [-0.3, -0.25) is 0 Å². The van der Waals surface area contributed by atoms with Crippen LogP contribution in [0, 0.1) is 13.8 Å². The smallest absolute Gasteiger partial charge is 0.135 e. The maximum atomic E-state index is 4.61. The number of rotatable bonds is 4. The van der Waals surface area contributed by atoms with Gasteiger partial charge < -0.3 is 10.6 Å². The van der Waals surface area contributed by atoms with E-state index in [-0.39, 0.29) is 0 Å². The summed E-state index contributed by atoms with van der Waals surface area (Å²) in [6, 6.07) is 2.63. The molecule has 0 amide bonds. The normalized spacial score (nSPS) is 17.4. The van der Waals surface area contributed by atoms with Gasteiger partial charge in [-0.2, -0.15) is 0 Å². The van der Waals surface area contributed by atoms with Gasteiger partial charge in [-0.05, 0) is 57.0 Å². The van der Waals surface area contributed by atoms with E-state index < -0.39 is 0 Å². The predicted molar refractivity (Wildman–Crippen MR) is 89.3 cm³/mol. The molecule has 1 unspecified atom stereocenters. The molecule has 2 aromatic rings. The van der Waals surface area contributed by atoms with E-state index in [9.17, 15) is 0 Å². The molecular formula is C16H22N4S. The van der Waals surface area contributed by atoms with E-state index in [2.05, 4.69) is 45.9 Å². The van der Waals surface area contributed by atoms with Gasteiger partial charge in [0.15, 0.2) is 0 Å². The number of nitrogens with one attached hydrogen (secondary N) is 2. The summed E-state index contributed by atoms with van der Waals surface area (Å²) in [5.41, 5.74) is 2.55. The lowest BCUT2D eigenvalue weighted by Gasteiger charge is -2.25. The molecule has 0 saturated carbocycles. The standard InChI is InChI=1S/C16H22N4S/c1-4-17-15-10(2)16(19-11(3)18-15)20-13-6-5-7-14-12(13)8-9-21-14/h8-9,13H,4-7H2,1-3H3,(H2,17,18,19,20). The van der Waals surface area contributed by atoms with Gasteiger partial charge in [0.2, 0.25) is 0 Å². The molecule has 0 radical (unpaired) electrons. The van der Waals surface area contributed by atoms with Crippen LogP contribution in [0.15, 0.2) is 11.4 Å². The Morgan fingerprint density at radius 3 is 2.90 bits per heavy atom. The Bertz CT molecular complexity index is 635. The summed E-state index contributed by atoms with van der Waals surface area (Å²) in [7, 11) is 0. The lowest BCUT2D eigenvalue weighted by molar-refractivity contribution is 0.606. The van der Waals surface area contributed by atoms with Gasteiger partial charge in [-0.15, -0.1) is 11.3 Å². The van der Waals surface area contributed by atoms with Gasteiger partial charge in [0.05, 0.1) is 6.04 Å². The Morgan fingerprint density at radius 2 is 2.10 bits per heavy atom. The van der Waals surface area contributed by atoms with Crippen molar-refractivity contribution in [1.82, 2.24) is 9.97 Å². The Balaban J connectivity index is 1.89. The Labute approximate surface area is 130 Å². The minimum absolute atomic E-state index is 0.377. The SMILES string of the molecule is CCNc1nc(C)nc(NC2CCCc3sccc32)c1C. The van der Waals surface area contributed by atoms with E-state index in [1.54, 1.807) is 0 Å². The van der Waals surface area contributed by atoms with E-state index in [0.29, 0.717) is 6.04 Å². The Kier molecular flexibility index (Phi) is 4.10. The van der Waals surface area contributed by atoms with Crippen LogP contribution in [-0.2, 0) is 6.42 Å². The van der Waals surface area contributed by atoms with Crippen LogP contribution in [0.25, 0.3) is 0 Å². The van der Waals surface area contributed by atoms with Crippen LogP contribution in [-0.4, -0.2) is 16.5 Å². The zero-order valence-corrected chi connectivity index (χ0v) is 13.7. The second kappa shape index (κ2) is 6.02. The summed E-state index contributed by atoms with van der Waals surface area (Å²) in [5, 5.41) is 9.17. The fraction of sp³-hybridized carbons (Fsp3) is 0.500. The first-order valence-corrected chi connectivity index (χ1v) is 8.49. The molecule has 112 valence electrons. The number of hydrogen-bond donors (Lipinski definition) is 2. The minimum Gasteiger partial charge on any atom is -0.370 e. The highest BCUT2D eigenvalue weighted by Crippen LogP contribution is 2.36. The van der Waals surface area contributed by atoms with Crippen molar-refractivity contribution in [2.45, 2.75) is 46.1 Å². The Hall–Kier alpha value is -1.62. The molecule has 2 aromatic heterocycles. The summed E-state index contributed by atoms with van der Waals surface area (Å²) < 4.78 is 0. The van der Waals surface area contributed by atoms with Crippen molar-refractivity contribution in [1.29, 1.82) is 0 Å². The summed E-state index contributed by atoms with van der Waals surface area (Å²) in [4.78, 5) is 10.6. The average Bonchev–Trinajstić information content (AvgIpc) is 2.93. The molecule has 0 bridgehead atoms. The molecule has 1 atom stereocenters. The Morgan fingerprint density at radius 1 is 1.29 bits per heavy atom. The predicted octanol–water partition coefficient (Wildman–Crippen LogP) is 4.08. The van der Waals surface area contributed by atoms with Crippen LogP contribution in [0.1, 0.15) is 47.6 Å². The topological polar surface area (TPSA) is 49.8 Å². The third-order valence-electron chi connectivity index (χ3n) is 3.96. The third kappa shape index (κ3) is 2.88. The number of hydrogen-bond acceptors (Lipinski definition) is 5. The minimum atomic E-state index is 0.377. The largest absolute Gasteiger partial charge is 0.370 e. The number of fused-ring (bicyclic) bond motifs is 1. The van der Waals surface area contributed by atoms with Crippen LogP contribution in [0.3, 0.4) is 0 Å². The molecule has 2 N–H and O–H groups in total. The van der Waals surface area contributed by atoms with Gasteiger partial charge in [0, 0.05) is 17.0 Å². The summed E-state index contributed by atoms with van der Waals surface area (Å²) >= 11 is 1.87. The summed E-state index contributed by atoms with van der Waals surface area (Å²) in [6.07, 6.45) is 3.63. The molecule has 1 aliphatic carbocycles. The number of aromatic nitrogens is 2. The molecular weight excluding hydrogens is 280 g/mol. The highest BCUT2D eigenvalue weighted by molar-refractivity contribution is 7.10. The number of anilines is 2. The molecule has 0 saturated heterocycles. The molecule has 0 fully saturated rings. The first kappa shape index (κ1) is 14.3. The number of nitrogens with zero attached hydrogens (tertiary/aromatic N) is 2. The van der Waals surface area contributed by atoms with Gasteiger partial charge in [0.25, 0.3) is 0 Å². The summed E-state index contributed by atoms with van der Waals surface area (Å²) in [5.74, 6) is 2.71. The zero-order chi connectivity index (χ0) is 14.8. The van der Waals surface area contributed by atoms with Gasteiger partial charge in [0.1, 0.15) is 17.5 Å². The van der Waals surface area contributed by atoms with E-state index in [0.717, 1.165) is 29.6 Å². The molecule has 4 nitrogen and oxygen atoms in total. The molecule has 0 spiro atoms. The molecule has 3 rings (SSSR count). The maximum Gasteiger partial charge on any atom is 0.135 e. The highest BCUT2D eigenvalue weighted by atomic mass is 32.1. The molecule has 21 heavy (non-hydrogen) atoms. The number of thiophene rings is 1. The van der Waals surface area contributed by atoms with E-state index in [1.165, 1.54) is 29.7 Å². The van der Waals surface area contributed by atoms with E-state index in [4.69, 9.17) is 0 Å². The van der Waals surface area contributed by atoms with Crippen LogP contribution < -0.4 is 10.6 Å². The van der Waals surface area contributed by atoms with Crippen molar-refractivity contribution >= 4 is 23.0 Å². The second-order valence-corrected chi connectivity index (χ2v) is 6.51. The van der Waals surface area contributed by atoms with Gasteiger partial charge in [-0.1, -0.05) is 0 Å². The lowest BCUT2D eigenvalue weighted by atomic mass is 9.94. The van der Waals surface area contributed by atoms with Crippen molar-refractivity contribution in [2.24, 2.45) is 0 Å². The zero-order valence-electron chi connectivity index (χ0n) is 12.9. The fourth-order valence-corrected chi connectivity index (χ4v) is 3.90. The van der Waals surface area contributed by atoms with Crippen LogP contribution in [0.5, 0.6) is 0 Å². The molecule has 2 heterocycles. The molecule has 5 heteroatoms. The lowest BCUT2D eigenvalue weighted by Crippen LogP contribution is -2.18. The second-order valence-electron chi connectivity index (χ2n) is 5.51. The van der Waals surface area contributed by atoms with Crippen molar-refractivity contribution in [2.75, 3.05) is 17.2 Å². The molecule has 0 aliphatic heterocycles. The van der Waals surface area contributed by atoms with Crippen LogP contribution in [0.2, 0.25) is 0 Å². The van der Waals surface area contributed by atoms with Crippen molar-refractivity contribution < 1.29 is 0 Å². The molecule has 1 aliphatic rings. The number of aryl methyl sites for hydroxylation is 2. The quantitative estimate of drug-likeness (QED) is 0.893. The van der Waals surface area contributed by atoms with Crippen LogP contribution >= 0.6 is 11.3 Å². The maximum absolute atomic E-state index is 4.61. The monoisotopic (exact) mass is 302 g/mol. The van der Waals surface area contributed by atoms with Crippen molar-refractivity contribution in [3.05, 3.63) is 33.3 Å². The van der Waals surface area contributed by atoms with Crippen molar-refractivity contribution in [3.63, 3.8) is 0 Å². The fourth-order valence-electron chi connectivity index (χ4n) is 2.91. The first-order valence-electron chi connectivity index (χ1n) is 7.61. The van der Waals surface area contributed by atoms with Crippen molar-refractivity contribution in [3.8, 4) is 0 Å². The van der Waals surface area contributed by atoms with Gasteiger partial charge >= 0.3 is 0 Å². The van der Waals surface area contributed by atoms with Crippen LogP contribution in [0.4, 0.5) is 11.6 Å². The first-order chi connectivity index (χ1) is 10.2. The molecule has 0 aromatic carbocycles. The third-order valence-corrected chi connectivity index (χ3v) is 4.96. The van der Waals surface area contributed by atoms with E-state index >= 15 is 0 Å². The van der Waals surface area contributed by atoms with E-state index in [1.807, 2.05) is 18.3 Å².